The number of ether oxygens (including phenoxy) is 3. The summed E-state index contributed by atoms with van der Waals surface area (Å²) in [5.74, 6) is 2.28. The van der Waals surface area contributed by atoms with Crippen LogP contribution in [0.15, 0.2) is 40.7 Å². The fourth-order valence-corrected chi connectivity index (χ4v) is 3.23. The fraction of sp³-hybridized carbons (Fsp3) is 0.421. The molecule has 0 atom stereocenters. The van der Waals surface area contributed by atoms with Gasteiger partial charge in [-0.25, -0.2) is 0 Å². The molecule has 140 valence electrons. The van der Waals surface area contributed by atoms with Gasteiger partial charge in [0.25, 0.3) is 0 Å². The van der Waals surface area contributed by atoms with Gasteiger partial charge < -0.3 is 24.8 Å². The SMILES string of the molecule is COCCN=C(NCCc1cccs1)Nc1ccc2c(c1)OCCCO2. The number of guanidine groups is 1. The van der Waals surface area contributed by atoms with Gasteiger partial charge in [-0.1, -0.05) is 6.07 Å². The lowest BCUT2D eigenvalue weighted by atomic mass is 10.2. The van der Waals surface area contributed by atoms with Crippen LogP contribution in [-0.4, -0.2) is 46.0 Å². The van der Waals surface area contributed by atoms with Crippen molar-refractivity contribution >= 4 is 23.0 Å². The van der Waals surface area contributed by atoms with Crippen LogP contribution in [0.3, 0.4) is 0 Å². The zero-order valence-corrected chi connectivity index (χ0v) is 15.8. The maximum absolute atomic E-state index is 5.76. The van der Waals surface area contributed by atoms with Gasteiger partial charge in [0.2, 0.25) is 0 Å². The topological polar surface area (TPSA) is 64.1 Å². The smallest absolute Gasteiger partial charge is 0.195 e. The zero-order valence-electron chi connectivity index (χ0n) is 15.0. The number of nitrogens with one attached hydrogen (secondary N) is 2. The van der Waals surface area contributed by atoms with Crippen LogP contribution in [0.4, 0.5) is 5.69 Å². The molecule has 26 heavy (non-hydrogen) atoms. The Morgan fingerprint density at radius 2 is 2.12 bits per heavy atom. The second kappa shape index (κ2) is 10.0. The molecule has 7 heteroatoms. The number of benzene rings is 1. The summed E-state index contributed by atoms with van der Waals surface area (Å²) in [6, 6.07) is 10.1. The van der Waals surface area contributed by atoms with Crippen LogP contribution in [0.5, 0.6) is 11.5 Å². The van der Waals surface area contributed by atoms with Crippen LogP contribution >= 0.6 is 11.3 Å². The van der Waals surface area contributed by atoms with E-state index in [2.05, 4.69) is 33.1 Å². The number of fused-ring (bicyclic) bond motifs is 1. The zero-order chi connectivity index (χ0) is 18.0. The number of anilines is 1. The molecule has 3 rings (SSSR count). The molecule has 1 aliphatic heterocycles. The molecule has 0 saturated carbocycles. The van der Waals surface area contributed by atoms with Crippen molar-refractivity contribution in [3.05, 3.63) is 40.6 Å². The Labute approximate surface area is 158 Å². The Morgan fingerprint density at radius 3 is 2.92 bits per heavy atom. The van der Waals surface area contributed by atoms with Crippen LogP contribution in [-0.2, 0) is 11.2 Å². The van der Waals surface area contributed by atoms with Gasteiger partial charge in [0, 0.05) is 36.7 Å². The molecule has 2 N–H and O–H groups in total. The maximum atomic E-state index is 5.76. The number of aliphatic imine (C=N–C) groups is 1. The molecular formula is C19H25N3O3S. The highest BCUT2D eigenvalue weighted by atomic mass is 32.1. The Morgan fingerprint density at radius 1 is 1.23 bits per heavy atom. The monoisotopic (exact) mass is 375 g/mol. The van der Waals surface area contributed by atoms with Crippen molar-refractivity contribution in [3.63, 3.8) is 0 Å². The average molecular weight is 375 g/mol. The second-order valence-corrected chi connectivity index (χ2v) is 6.85. The highest BCUT2D eigenvalue weighted by Crippen LogP contribution is 2.32. The summed E-state index contributed by atoms with van der Waals surface area (Å²) in [5, 5.41) is 8.81. The van der Waals surface area contributed by atoms with E-state index in [4.69, 9.17) is 14.2 Å². The maximum Gasteiger partial charge on any atom is 0.195 e. The van der Waals surface area contributed by atoms with Crippen molar-refractivity contribution in [3.8, 4) is 11.5 Å². The molecule has 1 aromatic carbocycles. The van der Waals surface area contributed by atoms with Gasteiger partial charge >= 0.3 is 0 Å². The van der Waals surface area contributed by atoms with Gasteiger partial charge in [-0.2, -0.15) is 0 Å². The lowest BCUT2D eigenvalue weighted by molar-refractivity contribution is 0.208. The summed E-state index contributed by atoms with van der Waals surface area (Å²) < 4.78 is 16.5. The van der Waals surface area contributed by atoms with Gasteiger partial charge in [-0.05, 0) is 30.0 Å². The molecule has 0 saturated heterocycles. The summed E-state index contributed by atoms with van der Waals surface area (Å²) in [7, 11) is 1.68. The van der Waals surface area contributed by atoms with Crippen molar-refractivity contribution in [2.45, 2.75) is 12.8 Å². The Hall–Kier alpha value is -2.25. The first-order valence-electron chi connectivity index (χ1n) is 8.81. The summed E-state index contributed by atoms with van der Waals surface area (Å²) in [5.41, 5.74) is 0.911. The van der Waals surface area contributed by atoms with Crippen LogP contribution in [0.25, 0.3) is 0 Å². The molecule has 0 spiro atoms. The Kier molecular flexibility index (Phi) is 7.15. The molecule has 1 aliphatic rings. The normalized spacial score (nSPS) is 14.0. The van der Waals surface area contributed by atoms with Crippen LogP contribution in [0.2, 0.25) is 0 Å². The molecule has 0 radical (unpaired) electrons. The van der Waals surface area contributed by atoms with E-state index < -0.39 is 0 Å². The van der Waals surface area contributed by atoms with E-state index in [0.717, 1.165) is 42.5 Å². The van der Waals surface area contributed by atoms with E-state index in [1.165, 1.54) is 4.88 Å². The molecule has 0 aliphatic carbocycles. The number of rotatable bonds is 7. The minimum Gasteiger partial charge on any atom is -0.490 e. The predicted octanol–water partition coefficient (Wildman–Crippen LogP) is 3.16. The summed E-state index contributed by atoms with van der Waals surface area (Å²) >= 11 is 1.77. The minimum absolute atomic E-state index is 0.582. The molecular weight excluding hydrogens is 350 g/mol. The molecule has 0 unspecified atom stereocenters. The standard InChI is InChI=1S/C19H25N3O3S/c1-23-12-9-21-19(20-8-7-16-4-2-13-26-16)22-15-5-6-17-18(14-15)25-11-3-10-24-17/h2,4-6,13-14H,3,7-12H2,1H3,(H2,20,21,22). The Balaban J connectivity index is 1.62. The number of nitrogens with zero attached hydrogens (tertiary/aromatic N) is 1. The van der Waals surface area contributed by atoms with Gasteiger partial charge in [-0.15, -0.1) is 11.3 Å². The van der Waals surface area contributed by atoms with Gasteiger partial charge in [0.15, 0.2) is 17.5 Å². The van der Waals surface area contributed by atoms with Crippen molar-refractivity contribution < 1.29 is 14.2 Å². The third-order valence-electron chi connectivity index (χ3n) is 3.82. The number of hydrogen-bond donors (Lipinski definition) is 2. The molecule has 0 bridgehead atoms. The van der Waals surface area contributed by atoms with Crippen molar-refractivity contribution in [1.29, 1.82) is 0 Å². The summed E-state index contributed by atoms with van der Waals surface area (Å²) in [4.78, 5) is 5.91. The highest BCUT2D eigenvalue weighted by molar-refractivity contribution is 7.09. The number of hydrogen-bond acceptors (Lipinski definition) is 5. The van der Waals surface area contributed by atoms with Gasteiger partial charge in [0.1, 0.15) is 0 Å². The molecule has 0 amide bonds. The quantitative estimate of drug-likeness (QED) is 0.442. The molecule has 2 heterocycles. The van der Waals surface area contributed by atoms with Gasteiger partial charge in [-0.3, -0.25) is 4.99 Å². The molecule has 0 fully saturated rings. The van der Waals surface area contributed by atoms with Crippen molar-refractivity contribution in [2.24, 2.45) is 4.99 Å². The van der Waals surface area contributed by atoms with E-state index in [-0.39, 0.29) is 0 Å². The van der Waals surface area contributed by atoms with Crippen LogP contribution < -0.4 is 20.1 Å². The third kappa shape index (κ3) is 5.64. The number of thiophene rings is 1. The van der Waals surface area contributed by atoms with E-state index >= 15 is 0 Å². The first kappa shape index (κ1) is 18.5. The largest absolute Gasteiger partial charge is 0.490 e. The van der Waals surface area contributed by atoms with E-state index in [1.807, 2.05) is 18.2 Å². The first-order valence-corrected chi connectivity index (χ1v) is 9.69. The summed E-state index contributed by atoms with van der Waals surface area (Å²) in [6.07, 6.45) is 1.86. The van der Waals surface area contributed by atoms with Crippen molar-refractivity contribution in [1.82, 2.24) is 5.32 Å². The molecule has 2 aromatic rings. The molecule has 6 nitrogen and oxygen atoms in total. The van der Waals surface area contributed by atoms with E-state index in [9.17, 15) is 0 Å². The van der Waals surface area contributed by atoms with Crippen molar-refractivity contribution in [2.75, 3.05) is 45.3 Å². The average Bonchev–Trinajstić information content (AvgIpc) is 3.05. The minimum atomic E-state index is 0.582. The van der Waals surface area contributed by atoms with E-state index in [0.29, 0.717) is 26.4 Å². The second-order valence-electron chi connectivity index (χ2n) is 5.82. The predicted molar refractivity (Wildman–Crippen MR) is 106 cm³/mol. The lowest BCUT2D eigenvalue weighted by Gasteiger charge is -2.14. The van der Waals surface area contributed by atoms with Crippen LogP contribution in [0, 0.1) is 0 Å². The fourth-order valence-electron chi connectivity index (χ4n) is 2.53. The van der Waals surface area contributed by atoms with Gasteiger partial charge in [0.05, 0.1) is 26.4 Å². The van der Waals surface area contributed by atoms with E-state index in [1.54, 1.807) is 18.4 Å². The highest BCUT2D eigenvalue weighted by Gasteiger charge is 2.11. The molecule has 1 aromatic heterocycles. The summed E-state index contributed by atoms with van der Waals surface area (Å²) in [6.45, 7) is 3.34. The lowest BCUT2D eigenvalue weighted by Crippen LogP contribution is -2.32. The third-order valence-corrected chi connectivity index (χ3v) is 4.76. The number of methoxy groups -OCH3 is 1. The first-order chi connectivity index (χ1) is 12.8. The Bertz CT molecular complexity index is 704. The van der Waals surface area contributed by atoms with Crippen LogP contribution in [0.1, 0.15) is 11.3 Å².